The van der Waals surface area contributed by atoms with Gasteiger partial charge in [-0.15, -0.1) is 0 Å². The third-order valence-corrected chi connectivity index (χ3v) is 5.04. The van der Waals surface area contributed by atoms with Gasteiger partial charge < -0.3 is 5.32 Å². The zero-order valence-electron chi connectivity index (χ0n) is 15.5. The summed E-state index contributed by atoms with van der Waals surface area (Å²) in [4.78, 5) is 0. The molecule has 0 aliphatic heterocycles. The predicted molar refractivity (Wildman–Crippen MR) is 101 cm³/mol. The molecule has 1 saturated carbocycles. The largest absolute Gasteiger partial charge is 0.314 e. The summed E-state index contributed by atoms with van der Waals surface area (Å²) in [6, 6.07) is 0.899. The van der Waals surface area contributed by atoms with Crippen LogP contribution in [0, 0.1) is 0 Å². The van der Waals surface area contributed by atoms with E-state index in [-0.39, 0.29) is 0 Å². The summed E-state index contributed by atoms with van der Waals surface area (Å²) < 4.78 is 0. The van der Waals surface area contributed by atoms with Crippen LogP contribution in [0.1, 0.15) is 122 Å². The molecule has 0 aromatic heterocycles. The maximum Gasteiger partial charge on any atom is 0.00682 e. The van der Waals surface area contributed by atoms with Gasteiger partial charge >= 0.3 is 0 Å². The van der Waals surface area contributed by atoms with Crippen LogP contribution in [-0.2, 0) is 0 Å². The van der Waals surface area contributed by atoms with Crippen LogP contribution < -0.4 is 5.32 Å². The summed E-state index contributed by atoms with van der Waals surface area (Å²) in [5.41, 5.74) is 0. The molecule has 1 nitrogen and oxygen atoms in total. The zero-order valence-corrected chi connectivity index (χ0v) is 15.5. The molecule has 132 valence electrons. The second-order valence-electron chi connectivity index (χ2n) is 7.53. The minimum atomic E-state index is 0.899. The first-order chi connectivity index (χ1) is 10.9. The number of nitrogens with one attached hydrogen (secondary N) is 1. The average Bonchev–Trinajstić information content (AvgIpc) is 3.34. The summed E-state index contributed by atoms with van der Waals surface area (Å²) in [5.74, 6) is 0. The molecule has 1 rings (SSSR count). The Bertz CT molecular complexity index is 210. The Kier molecular flexibility index (Phi) is 14.4. The molecule has 22 heavy (non-hydrogen) atoms. The van der Waals surface area contributed by atoms with Crippen molar-refractivity contribution in [3.8, 4) is 0 Å². The molecule has 0 radical (unpaired) electrons. The number of hydrogen-bond donors (Lipinski definition) is 1. The molecular formula is C21H43N. The highest BCUT2D eigenvalue weighted by molar-refractivity contribution is 4.80. The standard InChI is InChI=1S/C21H43N/c1-2-3-4-5-6-7-8-9-10-11-12-13-14-15-16-17-20-22-21-18-19-21/h21-22H,2-20H2,1H3. The van der Waals surface area contributed by atoms with E-state index in [4.69, 9.17) is 0 Å². The van der Waals surface area contributed by atoms with E-state index in [1.165, 1.54) is 122 Å². The van der Waals surface area contributed by atoms with Crippen molar-refractivity contribution in [1.29, 1.82) is 0 Å². The van der Waals surface area contributed by atoms with Crippen molar-refractivity contribution in [1.82, 2.24) is 5.32 Å². The molecule has 0 atom stereocenters. The maximum atomic E-state index is 3.61. The van der Waals surface area contributed by atoms with Crippen molar-refractivity contribution in [3.63, 3.8) is 0 Å². The minimum Gasteiger partial charge on any atom is -0.314 e. The molecule has 1 aliphatic rings. The average molecular weight is 310 g/mol. The highest BCUT2D eigenvalue weighted by Gasteiger charge is 2.19. The summed E-state index contributed by atoms with van der Waals surface area (Å²) >= 11 is 0. The Morgan fingerprint density at radius 3 is 1.27 bits per heavy atom. The van der Waals surface area contributed by atoms with Gasteiger partial charge in [-0.2, -0.15) is 0 Å². The van der Waals surface area contributed by atoms with E-state index in [0.29, 0.717) is 0 Å². The van der Waals surface area contributed by atoms with Gasteiger partial charge in [-0.3, -0.25) is 0 Å². The Morgan fingerprint density at radius 1 is 0.545 bits per heavy atom. The lowest BCUT2D eigenvalue weighted by atomic mass is 10.0. The van der Waals surface area contributed by atoms with Gasteiger partial charge in [-0.1, -0.05) is 103 Å². The Balaban J connectivity index is 1.59. The number of hydrogen-bond acceptors (Lipinski definition) is 1. The summed E-state index contributed by atoms with van der Waals surface area (Å²) in [5, 5.41) is 3.61. The third-order valence-electron chi connectivity index (χ3n) is 5.04. The van der Waals surface area contributed by atoms with Gasteiger partial charge in [-0.05, 0) is 25.8 Å². The minimum absolute atomic E-state index is 0.899. The van der Waals surface area contributed by atoms with Crippen LogP contribution in [0.5, 0.6) is 0 Å². The molecule has 0 unspecified atom stereocenters. The summed E-state index contributed by atoms with van der Waals surface area (Å²) in [6.07, 6.45) is 26.3. The van der Waals surface area contributed by atoms with E-state index in [2.05, 4.69) is 12.2 Å². The van der Waals surface area contributed by atoms with Crippen LogP contribution in [0.2, 0.25) is 0 Å². The Hall–Kier alpha value is -0.0400. The fourth-order valence-corrected chi connectivity index (χ4v) is 3.27. The van der Waals surface area contributed by atoms with Crippen molar-refractivity contribution >= 4 is 0 Å². The predicted octanol–water partition coefficient (Wildman–Crippen LogP) is 7.00. The first-order valence-corrected chi connectivity index (χ1v) is 10.7. The summed E-state index contributed by atoms with van der Waals surface area (Å²) in [6.45, 7) is 3.56. The van der Waals surface area contributed by atoms with Gasteiger partial charge in [0.1, 0.15) is 0 Å². The fourth-order valence-electron chi connectivity index (χ4n) is 3.27. The molecule has 0 heterocycles. The Labute approximate surface area is 141 Å². The van der Waals surface area contributed by atoms with Gasteiger partial charge in [0.15, 0.2) is 0 Å². The molecule has 1 fully saturated rings. The van der Waals surface area contributed by atoms with Crippen LogP contribution >= 0.6 is 0 Å². The van der Waals surface area contributed by atoms with Gasteiger partial charge in [0, 0.05) is 6.04 Å². The van der Waals surface area contributed by atoms with Crippen LogP contribution in [0.15, 0.2) is 0 Å². The first kappa shape index (κ1) is 20.0. The van der Waals surface area contributed by atoms with Gasteiger partial charge in [-0.25, -0.2) is 0 Å². The van der Waals surface area contributed by atoms with Crippen LogP contribution in [-0.4, -0.2) is 12.6 Å². The van der Waals surface area contributed by atoms with Crippen LogP contribution in [0.4, 0.5) is 0 Å². The summed E-state index contributed by atoms with van der Waals surface area (Å²) in [7, 11) is 0. The van der Waals surface area contributed by atoms with Crippen molar-refractivity contribution in [2.24, 2.45) is 0 Å². The molecule has 0 saturated heterocycles. The van der Waals surface area contributed by atoms with Crippen molar-refractivity contribution < 1.29 is 0 Å². The molecule has 0 bridgehead atoms. The molecule has 0 aromatic rings. The second kappa shape index (κ2) is 15.8. The SMILES string of the molecule is CCCCCCCCCCCCCCCCCCNC1CC1. The van der Waals surface area contributed by atoms with E-state index < -0.39 is 0 Å². The molecule has 0 spiro atoms. The van der Waals surface area contributed by atoms with E-state index in [9.17, 15) is 0 Å². The van der Waals surface area contributed by atoms with E-state index in [1.54, 1.807) is 0 Å². The molecule has 1 aliphatic carbocycles. The monoisotopic (exact) mass is 309 g/mol. The van der Waals surface area contributed by atoms with Gasteiger partial charge in [0.25, 0.3) is 0 Å². The van der Waals surface area contributed by atoms with E-state index in [1.807, 2.05) is 0 Å². The quantitative estimate of drug-likeness (QED) is 0.269. The molecule has 1 N–H and O–H groups in total. The lowest BCUT2D eigenvalue weighted by molar-refractivity contribution is 0.525. The van der Waals surface area contributed by atoms with Crippen LogP contribution in [0.25, 0.3) is 0 Å². The van der Waals surface area contributed by atoms with Crippen molar-refractivity contribution in [2.45, 2.75) is 129 Å². The van der Waals surface area contributed by atoms with Gasteiger partial charge in [0.05, 0.1) is 0 Å². The van der Waals surface area contributed by atoms with Gasteiger partial charge in [0.2, 0.25) is 0 Å². The molecule has 0 amide bonds. The van der Waals surface area contributed by atoms with Crippen molar-refractivity contribution in [3.05, 3.63) is 0 Å². The molecular weight excluding hydrogens is 266 g/mol. The van der Waals surface area contributed by atoms with Crippen LogP contribution in [0.3, 0.4) is 0 Å². The normalized spacial score (nSPS) is 14.6. The molecule has 1 heteroatoms. The Morgan fingerprint density at radius 2 is 0.909 bits per heavy atom. The second-order valence-corrected chi connectivity index (χ2v) is 7.53. The van der Waals surface area contributed by atoms with E-state index in [0.717, 1.165) is 6.04 Å². The smallest absolute Gasteiger partial charge is 0.00682 e. The first-order valence-electron chi connectivity index (χ1n) is 10.7. The topological polar surface area (TPSA) is 12.0 Å². The lowest BCUT2D eigenvalue weighted by Crippen LogP contribution is -2.17. The number of rotatable bonds is 18. The molecule has 0 aromatic carbocycles. The highest BCUT2D eigenvalue weighted by atomic mass is 14.9. The van der Waals surface area contributed by atoms with Crippen molar-refractivity contribution in [2.75, 3.05) is 6.54 Å². The lowest BCUT2D eigenvalue weighted by Gasteiger charge is -2.04. The third kappa shape index (κ3) is 14.9. The zero-order chi connectivity index (χ0) is 15.7. The highest BCUT2D eigenvalue weighted by Crippen LogP contribution is 2.18. The fraction of sp³-hybridized carbons (Fsp3) is 1.00. The maximum absolute atomic E-state index is 3.61. The number of unbranched alkanes of at least 4 members (excludes halogenated alkanes) is 15. The van der Waals surface area contributed by atoms with E-state index >= 15 is 0 Å².